The summed E-state index contributed by atoms with van der Waals surface area (Å²) in [6, 6.07) is 13.2. The first-order chi connectivity index (χ1) is 13.0. The van der Waals surface area contributed by atoms with Crippen LogP contribution in [0.25, 0.3) is 0 Å². The van der Waals surface area contributed by atoms with Crippen molar-refractivity contribution in [1.29, 1.82) is 0 Å². The highest BCUT2D eigenvalue weighted by molar-refractivity contribution is 5.94. The normalized spacial score (nSPS) is 18.0. The van der Waals surface area contributed by atoms with Crippen molar-refractivity contribution in [1.82, 2.24) is 9.80 Å². The van der Waals surface area contributed by atoms with Gasteiger partial charge in [-0.3, -0.25) is 9.59 Å². The molecule has 2 aromatic rings. The van der Waals surface area contributed by atoms with Gasteiger partial charge >= 0.3 is 0 Å². The van der Waals surface area contributed by atoms with Crippen molar-refractivity contribution in [2.24, 2.45) is 5.92 Å². The van der Waals surface area contributed by atoms with Crippen LogP contribution in [0.3, 0.4) is 0 Å². The average Bonchev–Trinajstić information content (AvgIpc) is 3.14. The fourth-order valence-electron chi connectivity index (χ4n) is 3.20. The zero-order chi connectivity index (χ0) is 19.2. The third kappa shape index (κ3) is 5.20. The Morgan fingerprint density at radius 3 is 2.63 bits per heavy atom. The minimum atomic E-state index is -0.284. The topological polar surface area (TPSA) is 63.0 Å². The molecule has 1 aromatic carbocycles. The van der Waals surface area contributed by atoms with Gasteiger partial charge in [-0.25, -0.2) is 0 Å². The van der Waals surface area contributed by atoms with E-state index in [0.29, 0.717) is 32.2 Å². The van der Waals surface area contributed by atoms with Crippen molar-refractivity contribution in [3.05, 3.63) is 60.1 Å². The van der Waals surface area contributed by atoms with E-state index in [2.05, 4.69) is 13.8 Å². The van der Waals surface area contributed by atoms with E-state index in [-0.39, 0.29) is 30.2 Å². The van der Waals surface area contributed by atoms with Crippen LogP contribution in [-0.2, 0) is 16.1 Å². The van der Waals surface area contributed by atoms with E-state index >= 15 is 0 Å². The Morgan fingerprint density at radius 2 is 1.96 bits per heavy atom. The highest BCUT2D eigenvalue weighted by atomic mass is 16.5. The molecule has 0 bridgehead atoms. The van der Waals surface area contributed by atoms with Crippen LogP contribution in [0.5, 0.6) is 0 Å². The molecule has 6 heteroatoms. The zero-order valence-corrected chi connectivity index (χ0v) is 15.8. The molecular formula is C21H26N2O4. The van der Waals surface area contributed by atoms with E-state index in [1.807, 2.05) is 30.3 Å². The summed E-state index contributed by atoms with van der Waals surface area (Å²) in [5.74, 6) is 0.237. The minimum absolute atomic E-state index is 0.0391. The van der Waals surface area contributed by atoms with Gasteiger partial charge in [-0.2, -0.15) is 0 Å². The summed E-state index contributed by atoms with van der Waals surface area (Å²) in [4.78, 5) is 28.7. The van der Waals surface area contributed by atoms with Crippen LogP contribution >= 0.6 is 0 Å². The van der Waals surface area contributed by atoms with Crippen LogP contribution in [0.2, 0.25) is 0 Å². The van der Waals surface area contributed by atoms with Gasteiger partial charge in [-0.1, -0.05) is 44.2 Å². The maximum atomic E-state index is 12.7. The van der Waals surface area contributed by atoms with Gasteiger partial charge in [0.15, 0.2) is 5.76 Å². The van der Waals surface area contributed by atoms with Crippen LogP contribution in [0.1, 0.15) is 30.0 Å². The molecule has 1 saturated heterocycles. The van der Waals surface area contributed by atoms with Crippen molar-refractivity contribution in [3.8, 4) is 0 Å². The van der Waals surface area contributed by atoms with Gasteiger partial charge in [-0.15, -0.1) is 0 Å². The first kappa shape index (κ1) is 19.2. The van der Waals surface area contributed by atoms with Crippen LogP contribution in [0.15, 0.2) is 53.1 Å². The van der Waals surface area contributed by atoms with Crippen molar-refractivity contribution in [3.63, 3.8) is 0 Å². The number of amides is 2. The number of carbonyl (C=O) groups is 2. The third-order valence-electron chi connectivity index (χ3n) is 4.46. The molecule has 1 aliphatic heterocycles. The number of rotatable bonds is 6. The molecule has 0 saturated carbocycles. The van der Waals surface area contributed by atoms with Gasteiger partial charge in [0.1, 0.15) is 6.54 Å². The van der Waals surface area contributed by atoms with Gasteiger partial charge in [-0.05, 0) is 23.6 Å². The van der Waals surface area contributed by atoms with E-state index in [4.69, 9.17) is 9.15 Å². The minimum Gasteiger partial charge on any atom is -0.459 e. The van der Waals surface area contributed by atoms with E-state index in [1.54, 1.807) is 17.0 Å². The molecule has 1 unspecified atom stereocenters. The molecule has 27 heavy (non-hydrogen) atoms. The molecule has 0 N–H and O–H groups in total. The summed E-state index contributed by atoms with van der Waals surface area (Å²) in [5.41, 5.74) is 1.06. The molecule has 2 heterocycles. The van der Waals surface area contributed by atoms with Gasteiger partial charge in [0, 0.05) is 19.6 Å². The summed E-state index contributed by atoms with van der Waals surface area (Å²) >= 11 is 0. The first-order valence-corrected chi connectivity index (χ1v) is 9.29. The van der Waals surface area contributed by atoms with Gasteiger partial charge in [0.25, 0.3) is 5.91 Å². The largest absolute Gasteiger partial charge is 0.459 e. The molecule has 6 nitrogen and oxygen atoms in total. The van der Waals surface area contributed by atoms with Crippen LogP contribution in [0.4, 0.5) is 0 Å². The van der Waals surface area contributed by atoms with E-state index in [0.717, 1.165) is 5.56 Å². The Kier molecular flexibility index (Phi) is 6.29. The lowest BCUT2D eigenvalue weighted by Gasteiger charge is -2.26. The summed E-state index contributed by atoms with van der Waals surface area (Å²) in [7, 11) is 0. The van der Waals surface area contributed by atoms with E-state index in [9.17, 15) is 9.59 Å². The van der Waals surface area contributed by atoms with Crippen LogP contribution in [0, 0.1) is 5.92 Å². The second-order valence-electron chi connectivity index (χ2n) is 7.27. The third-order valence-corrected chi connectivity index (χ3v) is 4.46. The summed E-state index contributed by atoms with van der Waals surface area (Å²) < 4.78 is 11.3. The van der Waals surface area contributed by atoms with Crippen molar-refractivity contribution >= 4 is 11.8 Å². The Labute approximate surface area is 159 Å². The lowest BCUT2D eigenvalue weighted by Crippen LogP contribution is -2.40. The second-order valence-corrected chi connectivity index (χ2v) is 7.27. The number of nitrogens with zero attached hydrogens (tertiary/aromatic N) is 2. The zero-order valence-electron chi connectivity index (χ0n) is 15.8. The highest BCUT2D eigenvalue weighted by Crippen LogP contribution is 2.15. The summed E-state index contributed by atoms with van der Waals surface area (Å²) in [5, 5.41) is 0. The molecule has 0 radical (unpaired) electrons. The Morgan fingerprint density at radius 1 is 1.19 bits per heavy atom. The lowest BCUT2D eigenvalue weighted by molar-refractivity contribution is -0.132. The predicted octanol–water partition coefficient (Wildman–Crippen LogP) is 2.81. The number of carbonyl (C=O) groups excluding carboxylic acids is 2. The van der Waals surface area contributed by atoms with Gasteiger partial charge in [0.2, 0.25) is 5.91 Å². The molecular weight excluding hydrogens is 344 g/mol. The number of hydrogen-bond acceptors (Lipinski definition) is 4. The maximum absolute atomic E-state index is 12.7. The smallest absolute Gasteiger partial charge is 0.290 e. The molecule has 0 aliphatic carbocycles. The Hall–Kier alpha value is -2.60. The lowest BCUT2D eigenvalue weighted by atomic mass is 10.2. The SMILES string of the molecule is CC(C)CN1CC(OCc2ccccc2)CN(C(=O)c2ccco2)CC1=O. The van der Waals surface area contributed by atoms with Crippen molar-refractivity contribution < 1.29 is 18.7 Å². The van der Waals surface area contributed by atoms with Gasteiger partial charge < -0.3 is 19.0 Å². The molecule has 1 fully saturated rings. The molecule has 1 atom stereocenters. The number of furan rings is 1. The molecule has 1 aliphatic rings. The van der Waals surface area contributed by atoms with Crippen LogP contribution in [-0.4, -0.2) is 53.9 Å². The Balaban J connectivity index is 1.74. The summed E-state index contributed by atoms with van der Waals surface area (Å²) in [6.07, 6.45) is 1.20. The van der Waals surface area contributed by atoms with Crippen molar-refractivity contribution in [2.75, 3.05) is 26.2 Å². The van der Waals surface area contributed by atoms with Crippen LogP contribution < -0.4 is 0 Å². The fourth-order valence-corrected chi connectivity index (χ4v) is 3.20. The predicted molar refractivity (Wildman–Crippen MR) is 101 cm³/mol. The molecule has 0 spiro atoms. The molecule has 3 rings (SSSR count). The van der Waals surface area contributed by atoms with Crippen molar-refractivity contribution in [2.45, 2.75) is 26.6 Å². The maximum Gasteiger partial charge on any atom is 0.290 e. The molecule has 2 amide bonds. The number of ether oxygens (including phenoxy) is 1. The average molecular weight is 370 g/mol. The fraction of sp³-hybridized carbons (Fsp3) is 0.429. The van der Waals surface area contributed by atoms with Gasteiger partial charge in [0.05, 0.1) is 19.0 Å². The quantitative estimate of drug-likeness (QED) is 0.784. The number of benzene rings is 1. The van der Waals surface area contributed by atoms with E-state index < -0.39 is 0 Å². The van der Waals surface area contributed by atoms with E-state index in [1.165, 1.54) is 11.2 Å². The standard InChI is InChI=1S/C21H26N2O4/c1-16(2)11-22-12-18(27-15-17-7-4-3-5-8-17)13-23(14-20(22)24)21(25)19-9-6-10-26-19/h3-10,16,18H,11-15H2,1-2H3. The summed E-state index contributed by atoms with van der Waals surface area (Å²) in [6.45, 7) is 6.11. The monoisotopic (exact) mass is 370 g/mol. The first-order valence-electron chi connectivity index (χ1n) is 9.29. The Bertz CT molecular complexity index is 743. The molecule has 144 valence electrons. The second kappa shape index (κ2) is 8.86. The molecule has 1 aromatic heterocycles. The number of hydrogen-bond donors (Lipinski definition) is 0. The highest BCUT2D eigenvalue weighted by Gasteiger charge is 2.32.